The molecular formula is C17H27N3O. The Hall–Kier alpha value is -1.58. The van der Waals surface area contributed by atoms with Crippen LogP contribution in [0.1, 0.15) is 52.0 Å². The third-order valence-electron chi connectivity index (χ3n) is 4.18. The van der Waals surface area contributed by atoms with Gasteiger partial charge in [-0.3, -0.25) is 4.79 Å². The number of nitrogens with zero attached hydrogens (tertiary/aromatic N) is 2. The average Bonchev–Trinajstić information content (AvgIpc) is 2.59. The summed E-state index contributed by atoms with van der Waals surface area (Å²) in [4.78, 5) is 18.6. The van der Waals surface area contributed by atoms with Crippen molar-refractivity contribution in [3.05, 3.63) is 23.9 Å². The molecule has 0 spiro atoms. The van der Waals surface area contributed by atoms with Crippen molar-refractivity contribution in [2.24, 2.45) is 5.41 Å². The Kier molecular flexibility index (Phi) is 5.21. The second-order valence-corrected chi connectivity index (χ2v) is 6.71. The number of hydrogen-bond donors (Lipinski definition) is 1. The first kappa shape index (κ1) is 15.8. The summed E-state index contributed by atoms with van der Waals surface area (Å²) < 4.78 is 0. The van der Waals surface area contributed by atoms with Gasteiger partial charge in [-0.25, -0.2) is 4.98 Å². The zero-order valence-electron chi connectivity index (χ0n) is 13.5. The fraction of sp³-hybridized carbons (Fsp3) is 0.647. The summed E-state index contributed by atoms with van der Waals surface area (Å²) in [6.07, 6.45) is 5.62. The molecule has 4 nitrogen and oxygen atoms in total. The molecule has 0 atom stereocenters. The molecule has 0 aliphatic carbocycles. The van der Waals surface area contributed by atoms with Gasteiger partial charge in [0, 0.05) is 32.3 Å². The second kappa shape index (κ2) is 6.92. The van der Waals surface area contributed by atoms with Crippen LogP contribution in [0, 0.1) is 5.41 Å². The molecule has 2 rings (SSSR count). The molecule has 1 aliphatic heterocycles. The van der Waals surface area contributed by atoms with Crippen LogP contribution in [0.3, 0.4) is 0 Å². The number of rotatable bonds is 5. The summed E-state index contributed by atoms with van der Waals surface area (Å²) in [5.41, 5.74) is 1.42. The number of aromatic nitrogens is 1. The van der Waals surface area contributed by atoms with Gasteiger partial charge in [-0.15, -0.1) is 0 Å². The van der Waals surface area contributed by atoms with Gasteiger partial charge in [-0.1, -0.05) is 20.8 Å². The molecule has 1 aromatic heterocycles. The normalized spacial score (nSPS) is 18.4. The first-order valence-electron chi connectivity index (χ1n) is 7.97. The molecule has 1 aromatic rings. The van der Waals surface area contributed by atoms with E-state index in [-0.39, 0.29) is 11.3 Å². The Balaban J connectivity index is 2.01. The fourth-order valence-electron chi connectivity index (χ4n) is 2.60. The van der Waals surface area contributed by atoms with Crippen molar-refractivity contribution in [3.8, 4) is 0 Å². The van der Waals surface area contributed by atoms with Gasteiger partial charge in [0.05, 0.1) is 0 Å². The molecule has 0 aromatic carbocycles. The Morgan fingerprint density at radius 2 is 2.19 bits per heavy atom. The van der Waals surface area contributed by atoms with Gasteiger partial charge in [0.1, 0.15) is 5.82 Å². The van der Waals surface area contributed by atoms with E-state index in [2.05, 4.69) is 37.1 Å². The van der Waals surface area contributed by atoms with Crippen LogP contribution in [0.2, 0.25) is 0 Å². The highest BCUT2D eigenvalue weighted by atomic mass is 16.2. The monoisotopic (exact) mass is 289 g/mol. The van der Waals surface area contributed by atoms with Gasteiger partial charge in [0.15, 0.2) is 0 Å². The van der Waals surface area contributed by atoms with E-state index in [1.54, 1.807) is 0 Å². The van der Waals surface area contributed by atoms with Crippen molar-refractivity contribution >= 4 is 11.7 Å². The zero-order valence-corrected chi connectivity index (χ0v) is 13.5. The van der Waals surface area contributed by atoms with Crippen LogP contribution in [0.25, 0.3) is 0 Å². The lowest BCUT2D eigenvalue weighted by molar-refractivity contribution is -0.131. The van der Waals surface area contributed by atoms with Gasteiger partial charge >= 0.3 is 0 Å². The van der Waals surface area contributed by atoms with Gasteiger partial charge in [-0.2, -0.15) is 0 Å². The minimum Gasteiger partial charge on any atom is -0.370 e. The molecule has 0 bridgehead atoms. The van der Waals surface area contributed by atoms with Crippen LogP contribution in [-0.4, -0.2) is 28.9 Å². The molecule has 1 saturated heterocycles. The predicted octanol–water partition coefficient (Wildman–Crippen LogP) is 3.44. The molecule has 116 valence electrons. The van der Waals surface area contributed by atoms with E-state index < -0.39 is 0 Å². The van der Waals surface area contributed by atoms with Crippen LogP contribution in [0.5, 0.6) is 0 Å². The number of carbonyl (C=O) groups excluding carboxylic acids is 1. The van der Waals surface area contributed by atoms with E-state index in [4.69, 9.17) is 0 Å². The number of anilines is 1. The van der Waals surface area contributed by atoms with Gasteiger partial charge in [0.2, 0.25) is 5.91 Å². The maximum absolute atomic E-state index is 12.3. The van der Waals surface area contributed by atoms with Crippen LogP contribution in [-0.2, 0) is 11.3 Å². The first-order chi connectivity index (χ1) is 10.00. The average molecular weight is 289 g/mol. The molecule has 1 fully saturated rings. The summed E-state index contributed by atoms with van der Waals surface area (Å²) >= 11 is 0. The standard InChI is InChI=1S/C17H27N3O/c1-4-9-18-15-12-14(6-10-19-15)13-20-11-8-17(2,3)7-5-16(20)21/h6,10,12H,4-5,7-9,11,13H2,1-3H3,(H,18,19). The summed E-state index contributed by atoms with van der Waals surface area (Å²) in [6.45, 7) is 9.11. The van der Waals surface area contributed by atoms with Gasteiger partial charge in [0.25, 0.3) is 0 Å². The molecule has 0 unspecified atom stereocenters. The van der Waals surface area contributed by atoms with Crippen LogP contribution in [0.4, 0.5) is 5.82 Å². The maximum atomic E-state index is 12.3. The van der Waals surface area contributed by atoms with E-state index in [9.17, 15) is 4.79 Å². The molecule has 0 radical (unpaired) electrons. The van der Waals surface area contributed by atoms with Crippen molar-refractivity contribution in [2.45, 2.75) is 53.0 Å². The number of nitrogens with one attached hydrogen (secondary N) is 1. The van der Waals surface area contributed by atoms with E-state index in [0.717, 1.165) is 43.7 Å². The van der Waals surface area contributed by atoms with Crippen LogP contribution >= 0.6 is 0 Å². The molecule has 1 amide bonds. The Morgan fingerprint density at radius 3 is 2.95 bits per heavy atom. The minimum atomic E-state index is 0.274. The Bertz CT molecular complexity index is 485. The summed E-state index contributed by atoms with van der Waals surface area (Å²) in [5.74, 6) is 1.18. The quantitative estimate of drug-likeness (QED) is 0.903. The maximum Gasteiger partial charge on any atom is 0.222 e. The summed E-state index contributed by atoms with van der Waals surface area (Å²) in [5, 5.41) is 3.29. The molecule has 2 heterocycles. The fourth-order valence-corrected chi connectivity index (χ4v) is 2.60. The van der Waals surface area contributed by atoms with Crippen LogP contribution < -0.4 is 5.32 Å². The van der Waals surface area contributed by atoms with E-state index in [0.29, 0.717) is 13.0 Å². The van der Waals surface area contributed by atoms with E-state index in [1.807, 2.05) is 17.2 Å². The number of amides is 1. The molecular weight excluding hydrogens is 262 g/mol. The lowest BCUT2D eigenvalue weighted by Gasteiger charge is -2.23. The molecule has 1 aliphatic rings. The van der Waals surface area contributed by atoms with E-state index >= 15 is 0 Å². The van der Waals surface area contributed by atoms with Crippen molar-refractivity contribution in [1.82, 2.24) is 9.88 Å². The Morgan fingerprint density at radius 1 is 1.38 bits per heavy atom. The lowest BCUT2D eigenvalue weighted by atomic mass is 9.85. The van der Waals surface area contributed by atoms with Crippen LogP contribution in [0.15, 0.2) is 18.3 Å². The highest BCUT2D eigenvalue weighted by Gasteiger charge is 2.27. The third-order valence-corrected chi connectivity index (χ3v) is 4.18. The SMILES string of the molecule is CCCNc1cc(CN2CCC(C)(C)CCC2=O)ccn1. The summed E-state index contributed by atoms with van der Waals surface area (Å²) in [7, 11) is 0. The third kappa shape index (κ3) is 4.73. The zero-order chi connectivity index (χ0) is 15.3. The van der Waals surface area contributed by atoms with Crippen molar-refractivity contribution in [3.63, 3.8) is 0 Å². The van der Waals surface area contributed by atoms with E-state index in [1.165, 1.54) is 0 Å². The number of carbonyl (C=O) groups is 1. The molecule has 21 heavy (non-hydrogen) atoms. The topological polar surface area (TPSA) is 45.2 Å². The van der Waals surface area contributed by atoms with Crippen molar-refractivity contribution in [2.75, 3.05) is 18.4 Å². The van der Waals surface area contributed by atoms with Gasteiger partial charge in [-0.05, 0) is 42.4 Å². The lowest BCUT2D eigenvalue weighted by Crippen LogP contribution is -2.30. The largest absolute Gasteiger partial charge is 0.370 e. The minimum absolute atomic E-state index is 0.274. The predicted molar refractivity (Wildman–Crippen MR) is 86.1 cm³/mol. The van der Waals surface area contributed by atoms with Gasteiger partial charge < -0.3 is 10.2 Å². The number of hydrogen-bond acceptors (Lipinski definition) is 3. The number of pyridine rings is 1. The first-order valence-corrected chi connectivity index (χ1v) is 7.97. The molecule has 4 heteroatoms. The Labute approximate surface area is 127 Å². The second-order valence-electron chi connectivity index (χ2n) is 6.71. The van der Waals surface area contributed by atoms with Crippen molar-refractivity contribution < 1.29 is 4.79 Å². The number of likely N-dealkylation sites (tertiary alicyclic amines) is 1. The summed E-state index contributed by atoms with van der Waals surface area (Å²) in [6, 6.07) is 4.05. The highest BCUT2D eigenvalue weighted by molar-refractivity contribution is 5.76. The molecule has 0 saturated carbocycles. The highest BCUT2D eigenvalue weighted by Crippen LogP contribution is 2.30. The molecule has 1 N–H and O–H groups in total. The smallest absolute Gasteiger partial charge is 0.222 e. The van der Waals surface area contributed by atoms with Crippen molar-refractivity contribution in [1.29, 1.82) is 0 Å².